The third kappa shape index (κ3) is 3.70. The van der Waals surface area contributed by atoms with Crippen molar-refractivity contribution in [1.82, 2.24) is 4.90 Å². The third-order valence-electron chi connectivity index (χ3n) is 6.20. The van der Waals surface area contributed by atoms with Gasteiger partial charge in [0.25, 0.3) is 0 Å². The Morgan fingerprint density at radius 1 is 1.10 bits per heavy atom. The summed E-state index contributed by atoms with van der Waals surface area (Å²) in [4.78, 5) is 14.4. The lowest BCUT2D eigenvalue weighted by Crippen LogP contribution is -2.66. The van der Waals surface area contributed by atoms with E-state index in [1.54, 1.807) is 23.1 Å². The number of rotatable bonds is 3. The van der Waals surface area contributed by atoms with Gasteiger partial charge in [0.15, 0.2) is 0 Å². The Bertz CT molecular complexity index is 1030. The zero-order chi connectivity index (χ0) is 21.1. The largest absolute Gasteiger partial charge is 0.394 e. The van der Waals surface area contributed by atoms with Gasteiger partial charge >= 0.3 is 0 Å². The molecular formula is C25H23FN2O2. The van der Waals surface area contributed by atoms with Gasteiger partial charge in [-0.3, -0.25) is 4.79 Å². The first-order valence-corrected chi connectivity index (χ1v) is 10.3. The fraction of sp³-hybridized carbons (Fsp3) is 0.360. The summed E-state index contributed by atoms with van der Waals surface area (Å²) in [6.07, 6.45) is 3.82. The van der Waals surface area contributed by atoms with Gasteiger partial charge in [0.1, 0.15) is 11.9 Å². The van der Waals surface area contributed by atoms with Crippen LogP contribution in [0.2, 0.25) is 0 Å². The molecule has 0 aromatic heterocycles. The number of hydrogen-bond donors (Lipinski definition) is 1. The smallest absolute Gasteiger partial charge is 0.227 e. The summed E-state index contributed by atoms with van der Waals surface area (Å²) in [6.45, 7) is -0.170. The van der Waals surface area contributed by atoms with Crippen LogP contribution in [0.4, 0.5) is 4.39 Å². The zero-order valence-electron chi connectivity index (χ0n) is 16.6. The first kappa shape index (κ1) is 20.1. The van der Waals surface area contributed by atoms with E-state index in [-0.39, 0.29) is 36.2 Å². The second-order valence-corrected chi connectivity index (χ2v) is 7.93. The molecule has 1 amide bonds. The van der Waals surface area contributed by atoms with Crippen molar-refractivity contribution in [3.63, 3.8) is 0 Å². The van der Waals surface area contributed by atoms with E-state index >= 15 is 0 Å². The molecule has 30 heavy (non-hydrogen) atoms. The molecule has 3 atom stereocenters. The molecule has 5 heteroatoms. The van der Waals surface area contributed by atoms with Crippen molar-refractivity contribution in [2.24, 2.45) is 5.92 Å². The van der Waals surface area contributed by atoms with Crippen LogP contribution in [0.15, 0.2) is 48.5 Å². The summed E-state index contributed by atoms with van der Waals surface area (Å²) in [5, 5.41) is 19.6. The van der Waals surface area contributed by atoms with Crippen LogP contribution < -0.4 is 0 Å². The van der Waals surface area contributed by atoms with Gasteiger partial charge in [-0.25, -0.2) is 4.39 Å². The monoisotopic (exact) mass is 402 g/mol. The molecule has 1 saturated heterocycles. The van der Waals surface area contributed by atoms with Crippen LogP contribution >= 0.6 is 0 Å². The van der Waals surface area contributed by atoms with E-state index in [9.17, 15) is 19.6 Å². The summed E-state index contributed by atoms with van der Waals surface area (Å²) in [5.74, 6) is 5.18. The Morgan fingerprint density at radius 3 is 2.43 bits per heavy atom. The van der Waals surface area contributed by atoms with Crippen molar-refractivity contribution in [1.29, 1.82) is 5.26 Å². The van der Waals surface area contributed by atoms with Gasteiger partial charge in [-0.15, -0.1) is 0 Å². The van der Waals surface area contributed by atoms with E-state index in [4.69, 9.17) is 0 Å². The number of aliphatic hydroxyl groups excluding tert-OH is 1. The average molecular weight is 402 g/mol. The lowest BCUT2D eigenvalue weighted by atomic mass is 9.75. The third-order valence-corrected chi connectivity index (χ3v) is 6.20. The number of benzene rings is 2. The highest BCUT2D eigenvalue weighted by molar-refractivity contribution is 5.82. The highest BCUT2D eigenvalue weighted by Gasteiger charge is 2.52. The van der Waals surface area contributed by atoms with Crippen LogP contribution in [0.25, 0.3) is 0 Å². The van der Waals surface area contributed by atoms with E-state index in [0.29, 0.717) is 5.56 Å². The standard InChI is InChI=1S/C25H23FN2O2/c26-21-8-4-3-5-18(21)12-9-17-10-13-19(14-11-17)24-22(15-27)28(23(24)16-29)25(30)20-6-1-2-7-20/h3-5,8,10-11,13-14,20,22-24,29H,1-2,6-7,16H2/t22-,23-,24-/m0/s1. The van der Waals surface area contributed by atoms with Crippen LogP contribution in [0.3, 0.4) is 0 Å². The number of hydrogen-bond acceptors (Lipinski definition) is 3. The molecule has 1 N–H and O–H groups in total. The highest BCUT2D eigenvalue weighted by Crippen LogP contribution is 2.42. The Kier molecular flexibility index (Phi) is 5.84. The Labute approximate surface area is 175 Å². The number of carbonyl (C=O) groups is 1. The molecule has 1 saturated carbocycles. The molecule has 2 aliphatic rings. The highest BCUT2D eigenvalue weighted by atomic mass is 19.1. The van der Waals surface area contributed by atoms with Crippen LogP contribution in [-0.2, 0) is 4.79 Å². The SMILES string of the molecule is N#C[C@H]1[C@H](c2ccc(C#Cc3ccccc3F)cc2)[C@H](CO)N1C(=O)C1CCCC1. The lowest BCUT2D eigenvalue weighted by Gasteiger charge is -2.52. The molecule has 0 unspecified atom stereocenters. The van der Waals surface area contributed by atoms with Crippen LogP contribution in [0, 0.1) is 34.9 Å². The fourth-order valence-corrected chi connectivity index (χ4v) is 4.58. The summed E-state index contributed by atoms with van der Waals surface area (Å²) in [5.41, 5.74) is 1.97. The predicted octanol–water partition coefficient (Wildman–Crippen LogP) is 3.59. The van der Waals surface area contributed by atoms with Crippen molar-refractivity contribution in [3.05, 3.63) is 71.0 Å². The van der Waals surface area contributed by atoms with Crippen molar-refractivity contribution < 1.29 is 14.3 Å². The normalized spacial score (nSPS) is 23.2. The van der Waals surface area contributed by atoms with Crippen molar-refractivity contribution in [2.45, 2.75) is 43.7 Å². The molecule has 2 aromatic carbocycles. The van der Waals surface area contributed by atoms with Gasteiger partial charge in [0, 0.05) is 17.4 Å². The number of nitriles is 1. The molecule has 4 nitrogen and oxygen atoms in total. The molecule has 2 aromatic rings. The maximum atomic E-state index is 13.7. The Hall–Kier alpha value is -3.15. The molecule has 152 valence electrons. The van der Waals surface area contributed by atoms with E-state index in [1.807, 2.05) is 24.3 Å². The van der Waals surface area contributed by atoms with E-state index in [2.05, 4.69) is 17.9 Å². The lowest BCUT2D eigenvalue weighted by molar-refractivity contribution is -0.151. The van der Waals surface area contributed by atoms with Crippen molar-refractivity contribution in [2.75, 3.05) is 6.61 Å². The summed E-state index contributed by atoms with van der Waals surface area (Å²) in [7, 11) is 0. The summed E-state index contributed by atoms with van der Waals surface area (Å²) >= 11 is 0. The molecular weight excluding hydrogens is 379 g/mol. The van der Waals surface area contributed by atoms with Gasteiger partial charge < -0.3 is 10.0 Å². The van der Waals surface area contributed by atoms with Crippen LogP contribution in [0.5, 0.6) is 0 Å². The average Bonchev–Trinajstić information content (AvgIpc) is 3.29. The number of carbonyl (C=O) groups excluding carboxylic acids is 1. The molecule has 0 spiro atoms. The van der Waals surface area contributed by atoms with Gasteiger partial charge in [-0.05, 0) is 42.7 Å². The van der Waals surface area contributed by atoms with Crippen molar-refractivity contribution in [3.8, 4) is 17.9 Å². The first-order chi connectivity index (χ1) is 14.6. The van der Waals surface area contributed by atoms with Gasteiger partial charge in [0.05, 0.1) is 24.3 Å². The molecule has 0 radical (unpaired) electrons. The number of halogens is 1. The van der Waals surface area contributed by atoms with E-state index < -0.39 is 6.04 Å². The molecule has 1 aliphatic heterocycles. The number of aliphatic hydroxyl groups is 1. The fourth-order valence-electron chi connectivity index (χ4n) is 4.58. The molecule has 1 heterocycles. The van der Waals surface area contributed by atoms with E-state index in [1.165, 1.54) is 6.07 Å². The molecule has 2 fully saturated rings. The predicted molar refractivity (Wildman–Crippen MR) is 111 cm³/mol. The first-order valence-electron chi connectivity index (χ1n) is 10.3. The topological polar surface area (TPSA) is 64.3 Å². The second-order valence-electron chi connectivity index (χ2n) is 7.93. The summed E-state index contributed by atoms with van der Waals surface area (Å²) < 4.78 is 13.7. The molecule has 0 bridgehead atoms. The maximum absolute atomic E-state index is 13.7. The minimum Gasteiger partial charge on any atom is -0.394 e. The quantitative estimate of drug-likeness (QED) is 0.798. The number of likely N-dealkylation sites (tertiary alicyclic amines) is 1. The maximum Gasteiger partial charge on any atom is 0.227 e. The number of nitrogens with zero attached hydrogens (tertiary/aromatic N) is 2. The second kappa shape index (κ2) is 8.69. The van der Waals surface area contributed by atoms with E-state index in [0.717, 1.165) is 36.8 Å². The van der Waals surface area contributed by atoms with Gasteiger partial charge in [0.2, 0.25) is 5.91 Å². The van der Waals surface area contributed by atoms with Crippen LogP contribution in [0.1, 0.15) is 48.3 Å². The summed E-state index contributed by atoms with van der Waals surface area (Å²) in [6, 6.07) is 15.1. The molecule has 1 aliphatic carbocycles. The van der Waals surface area contributed by atoms with Gasteiger partial charge in [-0.1, -0.05) is 48.9 Å². The molecule has 4 rings (SSSR count). The minimum atomic E-state index is -0.564. The van der Waals surface area contributed by atoms with Crippen molar-refractivity contribution >= 4 is 5.91 Å². The van der Waals surface area contributed by atoms with Gasteiger partial charge in [-0.2, -0.15) is 5.26 Å². The Morgan fingerprint density at radius 2 is 1.80 bits per heavy atom. The Balaban J connectivity index is 1.52. The van der Waals surface area contributed by atoms with Crippen LogP contribution in [-0.4, -0.2) is 34.6 Å². The number of amides is 1. The zero-order valence-corrected chi connectivity index (χ0v) is 16.6. The minimum absolute atomic E-state index is 0.00160.